The summed E-state index contributed by atoms with van der Waals surface area (Å²) in [5.41, 5.74) is 5.81. The summed E-state index contributed by atoms with van der Waals surface area (Å²) in [6.07, 6.45) is 3.72. The Hall–Kier alpha value is -3.21. The first-order valence-electron chi connectivity index (χ1n) is 9.97. The van der Waals surface area contributed by atoms with Gasteiger partial charge in [0.2, 0.25) is 0 Å². The molecule has 0 aliphatic carbocycles. The average molecular weight is 386 g/mol. The molecule has 148 valence electrons. The van der Waals surface area contributed by atoms with Gasteiger partial charge in [0, 0.05) is 30.1 Å². The van der Waals surface area contributed by atoms with E-state index in [9.17, 15) is 4.79 Å². The Labute approximate surface area is 170 Å². The minimum Gasteiger partial charge on any atom is -0.318 e. The highest BCUT2D eigenvalue weighted by Crippen LogP contribution is 2.32. The Kier molecular flexibility index (Phi) is 4.82. The van der Waals surface area contributed by atoms with Gasteiger partial charge in [-0.3, -0.25) is 9.78 Å². The van der Waals surface area contributed by atoms with Gasteiger partial charge < -0.3 is 9.13 Å². The van der Waals surface area contributed by atoms with Gasteiger partial charge in [0.25, 0.3) is 5.56 Å². The second-order valence-electron chi connectivity index (χ2n) is 7.97. The van der Waals surface area contributed by atoms with Crippen molar-refractivity contribution in [2.45, 2.75) is 39.7 Å². The second-order valence-corrected chi connectivity index (χ2v) is 7.97. The van der Waals surface area contributed by atoms with Gasteiger partial charge in [-0.1, -0.05) is 44.2 Å². The summed E-state index contributed by atoms with van der Waals surface area (Å²) in [7, 11) is 1.78. The van der Waals surface area contributed by atoms with E-state index in [-0.39, 0.29) is 11.6 Å². The van der Waals surface area contributed by atoms with Gasteiger partial charge in [-0.05, 0) is 37.5 Å². The Bertz CT molecular complexity index is 1210. The quantitative estimate of drug-likeness (QED) is 0.504. The Morgan fingerprint density at radius 1 is 1.03 bits per heavy atom. The van der Waals surface area contributed by atoms with E-state index >= 15 is 0 Å². The first-order chi connectivity index (χ1) is 13.9. The van der Waals surface area contributed by atoms with Crippen molar-refractivity contribution >= 4 is 11.0 Å². The maximum absolute atomic E-state index is 12.2. The van der Waals surface area contributed by atoms with Crippen LogP contribution in [0.4, 0.5) is 0 Å². The van der Waals surface area contributed by atoms with Crippen LogP contribution in [-0.4, -0.2) is 19.1 Å². The maximum atomic E-state index is 12.2. The number of aromatic nitrogens is 4. The topological polar surface area (TPSA) is 52.7 Å². The molecule has 0 aliphatic rings. The summed E-state index contributed by atoms with van der Waals surface area (Å²) in [6.45, 7) is 8.32. The van der Waals surface area contributed by atoms with Crippen molar-refractivity contribution in [3.63, 3.8) is 0 Å². The molecule has 0 spiro atoms. The zero-order chi connectivity index (χ0) is 20.7. The number of hydrogen-bond acceptors (Lipinski definition) is 3. The highest BCUT2D eigenvalue weighted by Gasteiger charge is 2.20. The molecular formula is C24H26N4O. The summed E-state index contributed by atoms with van der Waals surface area (Å²) in [5.74, 6) is 1.18. The largest absolute Gasteiger partial charge is 0.318 e. The van der Waals surface area contributed by atoms with Crippen molar-refractivity contribution in [3.8, 4) is 11.4 Å². The summed E-state index contributed by atoms with van der Waals surface area (Å²) >= 11 is 0. The monoisotopic (exact) mass is 386 g/mol. The third-order valence-electron chi connectivity index (χ3n) is 5.48. The fourth-order valence-electron chi connectivity index (χ4n) is 3.81. The number of pyridine rings is 2. The van der Waals surface area contributed by atoms with E-state index in [0.29, 0.717) is 11.5 Å². The number of rotatable bonds is 4. The van der Waals surface area contributed by atoms with Crippen LogP contribution in [0.15, 0.2) is 59.7 Å². The SMILES string of the molecule is Cc1cc(-c2nc3cnc(C(C)C)cc3n2C(C)c2ccccc2)cn(C)c1=O. The molecule has 4 rings (SSSR count). The number of aryl methyl sites for hydroxylation is 2. The lowest BCUT2D eigenvalue weighted by molar-refractivity contribution is 0.663. The fourth-order valence-corrected chi connectivity index (χ4v) is 3.81. The summed E-state index contributed by atoms with van der Waals surface area (Å²) in [5, 5.41) is 0. The van der Waals surface area contributed by atoms with Crippen LogP contribution >= 0.6 is 0 Å². The summed E-state index contributed by atoms with van der Waals surface area (Å²) in [4.78, 5) is 21.7. The number of imidazole rings is 1. The molecule has 29 heavy (non-hydrogen) atoms. The van der Waals surface area contributed by atoms with Crippen LogP contribution in [0.3, 0.4) is 0 Å². The molecule has 0 saturated heterocycles. The van der Waals surface area contributed by atoms with E-state index in [1.165, 1.54) is 5.56 Å². The fraction of sp³-hybridized carbons (Fsp3) is 0.292. The van der Waals surface area contributed by atoms with Crippen LogP contribution in [0.5, 0.6) is 0 Å². The van der Waals surface area contributed by atoms with Gasteiger partial charge in [0.05, 0.1) is 17.8 Å². The van der Waals surface area contributed by atoms with Crippen LogP contribution in [0, 0.1) is 6.92 Å². The number of fused-ring (bicyclic) bond motifs is 1. The lowest BCUT2D eigenvalue weighted by atomic mass is 10.1. The maximum Gasteiger partial charge on any atom is 0.253 e. The third-order valence-corrected chi connectivity index (χ3v) is 5.48. The van der Waals surface area contributed by atoms with Crippen molar-refractivity contribution in [1.29, 1.82) is 0 Å². The predicted octanol–water partition coefficient (Wildman–Crippen LogP) is 4.84. The lowest BCUT2D eigenvalue weighted by Gasteiger charge is -2.19. The van der Waals surface area contributed by atoms with Gasteiger partial charge >= 0.3 is 0 Å². The van der Waals surface area contributed by atoms with Crippen molar-refractivity contribution in [2.75, 3.05) is 0 Å². The Morgan fingerprint density at radius 2 is 1.76 bits per heavy atom. The van der Waals surface area contributed by atoms with Crippen LogP contribution in [-0.2, 0) is 7.05 Å². The minimum atomic E-state index is 0.0104. The average Bonchev–Trinajstić information content (AvgIpc) is 3.10. The van der Waals surface area contributed by atoms with Crippen LogP contribution in [0.25, 0.3) is 22.4 Å². The smallest absolute Gasteiger partial charge is 0.253 e. The van der Waals surface area contributed by atoms with Crippen molar-refractivity contribution in [3.05, 3.63) is 82.0 Å². The molecule has 0 fully saturated rings. The van der Waals surface area contributed by atoms with Gasteiger partial charge in [-0.2, -0.15) is 0 Å². The molecule has 1 aromatic carbocycles. The van der Waals surface area contributed by atoms with E-state index in [1.807, 2.05) is 31.5 Å². The Balaban J connectivity index is 2.02. The molecule has 0 radical (unpaired) electrons. The number of benzene rings is 1. The zero-order valence-corrected chi connectivity index (χ0v) is 17.5. The molecule has 3 heterocycles. The standard InChI is InChI=1S/C24H26N4O/c1-15(2)20-12-22-21(13-25-20)26-23(19-11-16(3)24(29)27(5)14-19)28(22)17(4)18-9-7-6-8-10-18/h6-15,17H,1-5H3. The summed E-state index contributed by atoms with van der Waals surface area (Å²) < 4.78 is 3.89. The lowest BCUT2D eigenvalue weighted by Crippen LogP contribution is -2.19. The third kappa shape index (κ3) is 3.37. The molecule has 5 nitrogen and oxygen atoms in total. The van der Waals surface area contributed by atoms with Crippen LogP contribution in [0.2, 0.25) is 0 Å². The van der Waals surface area contributed by atoms with Crippen molar-refractivity contribution in [2.24, 2.45) is 7.05 Å². The van der Waals surface area contributed by atoms with E-state index in [2.05, 4.69) is 60.7 Å². The molecule has 0 amide bonds. The van der Waals surface area contributed by atoms with Gasteiger partial charge in [-0.25, -0.2) is 4.98 Å². The molecule has 3 aromatic heterocycles. The highest BCUT2D eigenvalue weighted by atomic mass is 16.1. The highest BCUT2D eigenvalue weighted by molar-refractivity contribution is 5.81. The van der Waals surface area contributed by atoms with Gasteiger partial charge in [-0.15, -0.1) is 0 Å². The molecule has 1 unspecified atom stereocenters. The molecule has 0 N–H and O–H groups in total. The molecule has 5 heteroatoms. The zero-order valence-electron chi connectivity index (χ0n) is 17.5. The molecule has 0 saturated carbocycles. The van der Waals surface area contributed by atoms with Crippen molar-refractivity contribution in [1.82, 2.24) is 19.1 Å². The van der Waals surface area contributed by atoms with Crippen LogP contribution < -0.4 is 5.56 Å². The number of hydrogen-bond donors (Lipinski definition) is 0. The minimum absolute atomic E-state index is 0.0104. The molecular weight excluding hydrogens is 360 g/mol. The van der Waals surface area contributed by atoms with E-state index < -0.39 is 0 Å². The van der Waals surface area contributed by atoms with Crippen molar-refractivity contribution < 1.29 is 0 Å². The first kappa shape index (κ1) is 19.1. The normalized spacial score (nSPS) is 12.6. The Morgan fingerprint density at radius 3 is 2.41 bits per heavy atom. The van der Waals surface area contributed by atoms with Crippen LogP contribution in [0.1, 0.15) is 49.6 Å². The molecule has 1 atom stereocenters. The second kappa shape index (κ2) is 7.32. The van der Waals surface area contributed by atoms with Gasteiger partial charge in [0.15, 0.2) is 0 Å². The predicted molar refractivity (Wildman–Crippen MR) is 117 cm³/mol. The molecule has 0 aliphatic heterocycles. The first-order valence-corrected chi connectivity index (χ1v) is 9.97. The number of nitrogens with zero attached hydrogens (tertiary/aromatic N) is 4. The van der Waals surface area contributed by atoms with E-state index in [0.717, 1.165) is 28.1 Å². The van der Waals surface area contributed by atoms with E-state index in [1.54, 1.807) is 11.6 Å². The van der Waals surface area contributed by atoms with Gasteiger partial charge in [0.1, 0.15) is 11.3 Å². The van der Waals surface area contributed by atoms with E-state index in [4.69, 9.17) is 4.98 Å². The molecule has 4 aromatic rings. The summed E-state index contributed by atoms with van der Waals surface area (Å²) in [6, 6.07) is 14.6. The molecule has 0 bridgehead atoms.